The van der Waals surface area contributed by atoms with Gasteiger partial charge in [-0.15, -0.1) is 6.58 Å². The smallest absolute Gasteiger partial charge is 0.0208 e. The van der Waals surface area contributed by atoms with E-state index in [9.17, 15) is 0 Å². The highest BCUT2D eigenvalue weighted by molar-refractivity contribution is 4.90. The topological polar surface area (TPSA) is 0 Å². The van der Waals surface area contributed by atoms with Gasteiger partial charge in [-0.05, 0) is 30.6 Å². The molecule has 0 nitrogen and oxygen atoms in total. The second-order valence-electron chi connectivity index (χ2n) is 3.31. The first kappa shape index (κ1) is 10.7. The molecule has 0 radical (unpaired) electrons. The van der Waals surface area contributed by atoms with Gasteiger partial charge < -0.3 is 0 Å². The minimum atomic E-state index is 0.806. The summed E-state index contributed by atoms with van der Waals surface area (Å²) in [6, 6.07) is 0. The summed E-state index contributed by atoms with van der Waals surface area (Å²) in [5, 5.41) is 0. The summed E-state index contributed by atoms with van der Waals surface area (Å²) in [6.45, 7) is 12.5. The quantitative estimate of drug-likeness (QED) is 0.503. The van der Waals surface area contributed by atoms with Gasteiger partial charge in [0.05, 0.1) is 0 Å². The Balaban J connectivity index is 0.000000461. The number of hydrogen-bond acceptors (Lipinski definition) is 0. The third-order valence-electron chi connectivity index (χ3n) is 2.83. The van der Waals surface area contributed by atoms with Crippen LogP contribution in [0.4, 0.5) is 0 Å². The minimum absolute atomic E-state index is 0.806. The Bertz CT molecular complexity index is 105. The van der Waals surface area contributed by atoms with Crippen LogP contribution in [-0.2, 0) is 0 Å². The maximum absolute atomic E-state index is 3.83. The first-order valence-corrected chi connectivity index (χ1v) is 4.88. The normalized spacial score (nSPS) is 35.8. The third-order valence-corrected chi connectivity index (χ3v) is 2.83. The van der Waals surface area contributed by atoms with E-state index in [-0.39, 0.29) is 0 Å². The zero-order valence-corrected chi connectivity index (χ0v) is 8.43. The van der Waals surface area contributed by atoms with Crippen LogP contribution in [0, 0.1) is 17.8 Å². The maximum atomic E-state index is 3.83. The maximum Gasteiger partial charge on any atom is -0.0208 e. The molecule has 0 aliphatic heterocycles. The fraction of sp³-hybridized carbons (Fsp3) is 0.818. The summed E-state index contributed by atoms with van der Waals surface area (Å²) in [5.41, 5.74) is 0. The lowest BCUT2D eigenvalue weighted by molar-refractivity contribution is 0.407. The van der Waals surface area contributed by atoms with Crippen molar-refractivity contribution in [2.45, 2.75) is 40.5 Å². The van der Waals surface area contributed by atoms with E-state index in [1.165, 1.54) is 12.8 Å². The Morgan fingerprint density at radius 3 is 1.91 bits per heavy atom. The molecular formula is C11H22. The van der Waals surface area contributed by atoms with Gasteiger partial charge in [-0.1, -0.05) is 33.8 Å². The minimum Gasteiger partial charge on any atom is -0.103 e. The molecule has 0 amide bonds. The summed E-state index contributed by atoms with van der Waals surface area (Å²) in [5.74, 6) is 2.61. The number of hydrogen-bond donors (Lipinski definition) is 0. The Labute approximate surface area is 71.7 Å². The molecule has 0 spiro atoms. The van der Waals surface area contributed by atoms with Gasteiger partial charge in [0.1, 0.15) is 0 Å². The zero-order chi connectivity index (χ0) is 8.85. The van der Waals surface area contributed by atoms with Crippen LogP contribution in [0.3, 0.4) is 0 Å². The Morgan fingerprint density at radius 1 is 1.18 bits per heavy atom. The second-order valence-corrected chi connectivity index (χ2v) is 3.31. The highest BCUT2D eigenvalue weighted by Gasteiger charge is 2.26. The van der Waals surface area contributed by atoms with E-state index in [1.807, 2.05) is 13.8 Å². The summed E-state index contributed by atoms with van der Waals surface area (Å²) < 4.78 is 0. The molecule has 0 heteroatoms. The largest absolute Gasteiger partial charge is 0.103 e. The fourth-order valence-electron chi connectivity index (χ4n) is 1.74. The van der Waals surface area contributed by atoms with Gasteiger partial charge in [0, 0.05) is 0 Å². The van der Waals surface area contributed by atoms with Crippen LogP contribution in [0.25, 0.3) is 0 Å². The van der Waals surface area contributed by atoms with Gasteiger partial charge in [0.15, 0.2) is 0 Å². The molecule has 0 saturated heterocycles. The van der Waals surface area contributed by atoms with E-state index >= 15 is 0 Å². The van der Waals surface area contributed by atoms with E-state index < -0.39 is 0 Å². The van der Waals surface area contributed by atoms with Crippen molar-refractivity contribution < 1.29 is 0 Å². The molecule has 1 aliphatic carbocycles. The first-order valence-electron chi connectivity index (χ1n) is 4.88. The molecular weight excluding hydrogens is 132 g/mol. The molecule has 66 valence electrons. The zero-order valence-electron chi connectivity index (χ0n) is 8.43. The van der Waals surface area contributed by atoms with Crippen LogP contribution in [0.15, 0.2) is 12.7 Å². The van der Waals surface area contributed by atoms with Crippen molar-refractivity contribution in [1.29, 1.82) is 0 Å². The standard InChI is InChI=1S/C9H16.C2H6/c1-4-9-6-5-7(2)8(9)3;1-2/h4,7-9H,1,5-6H2,2-3H3;1-2H3/t7?,8-,9+;/m0./s1. The van der Waals surface area contributed by atoms with Crippen molar-refractivity contribution in [3.63, 3.8) is 0 Å². The van der Waals surface area contributed by atoms with E-state index in [4.69, 9.17) is 0 Å². The molecule has 3 atom stereocenters. The van der Waals surface area contributed by atoms with Crippen molar-refractivity contribution in [2.24, 2.45) is 17.8 Å². The highest BCUT2D eigenvalue weighted by Crippen LogP contribution is 2.36. The van der Waals surface area contributed by atoms with Crippen LogP contribution >= 0.6 is 0 Å². The van der Waals surface area contributed by atoms with Crippen LogP contribution in [0.2, 0.25) is 0 Å². The molecule has 0 aromatic heterocycles. The molecule has 0 heterocycles. The van der Waals surface area contributed by atoms with E-state index in [2.05, 4.69) is 26.5 Å². The lowest BCUT2D eigenvalue weighted by Gasteiger charge is -2.12. The third kappa shape index (κ3) is 2.69. The van der Waals surface area contributed by atoms with Gasteiger partial charge >= 0.3 is 0 Å². The van der Waals surface area contributed by atoms with E-state index in [1.54, 1.807) is 0 Å². The molecule has 1 aliphatic rings. The monoisotopic (exact) mass is 154 g/mol. The molecule has 0 bridgehead atoms. The molecule has 0 aromatic rings. The average molecular weight is 154 g/mol. The van der Waals surface area contributed by atoms with Gasteiger partial charge in [-0.25, -0.2) is 0 Å². The SMILES string of the molecule is C=C[C@@H]1CCC(C)[C@@H]1C.CC. The molecule has 1 unspecified atom stereocenters. The Kier molecular flexibility index (Phi) is 5.27. The molecule has 11 heavy (non-hydrogen) atoms. The summed E-state index contributed by atoms with van der Waals surface area (Å²) in [4.78, 5) is 0. The number of allylic oxidation sites excluding steroid dienone is 1. The van der Waals surface area contributed by atoms with Crippen molar-refractivity contribution in [3.8, 4) is 0 Å². The Morgan fingerprint density at radius 2 is 1.73 bits per heavy atom. The fourth-order valence-corrected chi connectivity index (χ4v) is 1.74. The number of rotatable bonds is 1. The lowest BCUT2D eigenvalue weighted by atomic mass is 9.93. The highest BCUT2D eigenvalue weighted by atomic mass is 14.3. The lowest BCUT2D eigenvalue weighted by Crippen LogP contribution is -2.05. The Hall–Kier alpha value is -0.260. The van der Waals surface area contributed by atoms with Crippen molar-refractivity contribution in [2.75, 3.05) is 0 Å². The molecule has 1 rings (SSSR count). The predicted molar refractivity (Wildman–Crippen MR) is 52.6 cm³/mol. The first-order chi connectivity index (χ1) is 5.25. The van der Waals surface area contributed by atoms with Crippen molar-refractivity contribution in [1.82, 2.24) is 0 Å². The summed E-state index contributed by atoms with van der Waals surface area (Å²) >= 11 is 0. The van der Waals surface area contributed by atoms with Crippen LogP contribution in [-0.4, -0.2) is 0 Å². The van der Waals surface area contributed by atoms with Crippen LogP contribution < -0.4 is 0 Å². The van der Waals surface area contributed by atoms with E-state index in [0.717, 1.165) is 17.8 Å². The van der Waals surface area contributed by atoms with Crippen LogP contribution in [0.1, 0.15) is 40.5 Å². The van der Waals surface area contributed by atoms with Crippen molar-refractivity contribution in [3.05, 3.63) is 12.7 Å². The summed E-state index contributed by atoms with van der Waals surface area (Å²) in [6.07, 6.45) is 4.89. The van der Waals surface area contributed by atoms with Crippen LogP contribution in [0.5, 0.6) is 0 Å². The summed E-state index contributed by atoms with van der Waals surface area (Å²) in [7, 11) is 0. The molecule has 0 aromatic carbocycles. The molecule has 1 saturated carbocycles. The predicted octanol–water partition coefficient (Wildman–Crippen LogP) is 3.88. The van der Waals surface area contributed by atoms with Gasteiger partial charge in [0.25, 0.3) is 0 Å². The molecule has 0 N–H and O–H groups in total. The van der Waals surface area contributed by atoms with Gasteiger partial charge in [-0.3, -0.25) is 0 Å². The van der Waals surface area contributed by atoms with Gasteiger partial charge in [-0.2, -0.15) is 0 Å². The second kappa shape index (κ2) is 5.40. The van der Waals surface area contributed by atoms with Crippen molar-refractivity contribution >= 4 is 0 Å². The average Bonchev–Trinajstić information content (AvgIpc) is 2.37. The van der Waals surface area contributed by atoms with E-state index in [0.29, 0.717) is 0 Å². The van der Waals surface area contributed by atoms with Gasteiger partial charge in [0.2, 0.25) is 0 Å². The molecule has 1 fully saturated rings.